The van der Waals surface area contributed by atoms with Crippen molar-refractivity contribution >= 4 is 21.1 Å². The van der Waals surface area contributed by atoms with E-state index in [2.05, 4.69) is 9.97 Å². The Balaban J connectivity index is 0.000000745. The molecule has 1 aliphatic carbocycles. The normalized spacial score (nSPS) is 13.7. The average molecular weight is 607 g/mol. The van der Waals surface area contributed by atoms with Crippen molar-refractivity contribution in [3.05, 3.63) is 70.4 Å². The van der Waals surface area contributed by atoms with Gasteiger partial charge in [0.1, 0.15) is 11.9 Å². The van der Waals surface area contributed by atoms with Crippen LogP contribution in [-0.4, -0.2) is 39.7 Å². The second kappa shape index (κ2) is 14.5. The van der Waals surface area contributed by atoms with Crippen LogP contribution in [0.5, 0.6) is 5.88 Å². The first-order valence-electron chi connectivity index (χ1n) is 14.0. The van der Waals surface area contributed by atoms with Crippen LogP contribution in [0.4, 0.5) is 13.2 Å². The maximum Gasteiger partial charge on any atom is 0.379 e. The topological polar surface area (TPSA) is 96.1 Å². The Labute approximate surface area is 244 Å². The van der Waals surface area contributed by atoms with Crippen molar-refractivity contribution in [2.75, 3.05) is 0 Å². The van der Waals surface area contributed by atoms with Gasteiger partial charge in [0.15, 0.2) is 0 Å². The Kier molecular flexibility index (Phi) is 11.3. The average Bonchev–Trinajstić information content (AvgIpc) is 3.35. The van der Waals surface area contributed by atoms with Gasteiger partial charge in [-0.15, -0.1) is 0 Å². The highest BCUT2D eigenvalue weighted by molar-refractivity contribution is 7.90. The monoisotopic (exact) mass is 606 g/mol. The predicted octanol–water partition coefficient (Wildman–Crippen LogP) is 7.05. The van der Waals surface area contributed by atoms with Gasteiger partial charge in [0.05, 0.1) is 21.6 Å². The van der Waals surface area contributed by atoms with Gasteiger partial charge >= 0.3 is 6.68 Å². The lowest BCUT2D eigenvalue weighted by atomic mass is 9.98. The Morgan fingerprint density at radius 1 is 0.976 bits per heavy atom. The minimum atomic E-state index is -3.92. The molecule has 0 unspecified atom stereocenters. The van der Waals surface area contributed by atoms with E-state index in [-0.39, 0.29) is 16.6 Å². The van der Waals surface area contributed by atoms with Crippen LogP contribution in [0.25, 0.3) is 22.3 Å². The van der Waals surface area contributed by atoms with Crippen LogP contribution in [0.2, 0.25) is 0 Å². The zero-order valence-electron chi connectivity index (χ0n) is 24.5. The summed E-state index contributed by atoms with van der Waals surface area (Å²) in [4.78, 5) is 22.0. The number of rotatable bonds is 6. The van der Waals surface area contributed by atoms with Crippen LogP contribution in [0.15, 0.2) is 58.4 Å². The first kappa shape index (κ1) is 32.8. The maximum absolute atomic E-state index is 13.7. The molecule has 0 N–H and O–H groups in total. The molecule has 42 heavy (non-hydrogen) atoms. The summed E-state index contributed by atoms with van der Waals surface area (Å²) in [5, 5.41) is 0. The molecule has 1 aliphatic rings. The van der Waals surface area contributed by atoms with E-state index in [0.29, 0.717) is 40.5 Å². The van der Waals surface area contributed by atoms with Gasteiger partial charge in [0.25, 0.3) is 15.6 Å². The van der Waals surface area contributed by atoms with Gasteiger partial charge < -0.3 is 9.30 Å². The second-order valence-electron chi connectivity index (χ2n) is 9.57. The molecule has 3 aromatic heterocycles. The van der Waals surface area contributed by atoms with Gasteiger partial charge in [-0.1, -0.05) is 38.0 Å². The summed E-state index contributed by atoms with van der Waals surface area (Å²) in [7, 11) is -3.92. The lowest BCUT2D eigenvalue weighted by Crippen LogP contribution is -2.20. The van der Waals surface area contributed by atoms with Gasteiger partial charge in [-0.3, -0.25) is 4.79 Å². The molecule has 5 rings (SSSR count). The van der Waals surface area contributed by atoms with Gasteiger partial charge in [0, 0.05) is 30.4 Å². The number of halogens is 3. The molecule has 12 heteroatoms. The molecule has 1 fully saturated rings. The van der Waals surface area contributed by atoms with Gasteiger partial charge in [-0.05, 0) is 64.7 Å². The fraction of sp³-hybridized carbons (Fsp3) is 0.433. The maximum atomic E-state index is 13.7. The summed E-state index contributed by atoms with van der Waals surface area (Å²) in [6, 6.07) is 11.4. The summed E-state index contributed by atoms with van der Waals surface area (Å²) in [5.74, 6) is 0.981. The van der Waals surface area contributed by atoms with Gasteiger partial charge in [-0.2, -0.15) is 18.2 Å². The Bertz CT molecular complexity index is 1640. The van der Waals surface area contributed by atoms with E-state index in [4.69, 9.17) is 4.74 Å². The van der Waals surface area contributed by atoms with Crippen LogP contribution in [-0.2, 0) is 16.6 Å². The molecule has 1 aromatic carbocycles. The number of aromatic nitrogens is 4. The molecule has 4 aromatic rings. The highest BCUT2D eigenvalue weighted by Crippen LogP contribution is 2.33. The fourth-order valence-corrected chi connectivity index (χ4v) is 6.25. The number of hydrogen-bond donors (Lipinski definition) is 0. The third-order valence-corrected chi connectivity index (χ3v) is 8.41. The number of aryl methyl sites for hydroxylation is 3. The second-order valence-corrected chi connectivity index (χ2v) is 11.4. The lowest BCUT2D eigenvalue weighted by molar-refractivity contribution is 0.00818. The van der Waals surface area contributed by atoms with Crippen LogP contribution < -0.4 is 10.3 Å². The van der Waals surface area contributed by atoms with Crippen molar-refractivity contribution in [2.45, 2.75) is 90.9 Å². The van der Waals surface area contributed by atoms with Crippen molar-refractivity contribution < 1.29 is 26.3 Å². The summed E-state index contributed by atoms with van der Waals surface area (Å²) in [6.45, 7) is 6.27. The molecular weight excluding hydrogens is 569 g/mol. The molecule has 0 aliphatic heterocycles. The van der Waals surface area contributed by atoms with Gasteiger partial charge in [0.2, 0.25) is 5.88 Å². The smallest absolute Gasteiger partial charge is 0.379 e. The molecule has 8 nitrogen and oxygen atoms in total. The summed E-state index contributed by atoms with van der Waals surface area (Å²) < 4.78 is 65.4. The molecule has 1 saturated carbocycles. The number of fused-ring (bicyclic) bond motifs is 1. The number of nitrogens with zero attached hydrogens (tertiary/aromatic N) is 4. The summed E-state index contributed by atoms with van der Waals surface area (Å²) in [5.41, 5.74) is 2.75. The van der Waals surface area contributed by atoms with Crippen molar-refractivity contribution in [3.8, 4) is 17.1 Å². The molecule has 0 radical (unpaired) electrons. The minimum Gasteiger partial charge on any atom is -0.474 e. The number of alkyl halides is 3. The van der Waals surface area contributed by atoms with Crippen LogP contribution in [0, 0.1) is 13.8 Å². The first-order chi connectivity index (χ1) is 20.0. The van der Waals surface area contributed by atoms with E-state index in [1.54, 1.807) is 54.1 Å². The van der Waals surface area contributed by atoms with E-state index in [0.717, 1.165) is 31.2 Å². The van der Waals surface area contributed by atoms with E-state index < -0.39 is 16.7 Å². The summed E-state index contributed by atoms with van der Waals surface area (Å²) in [6.07, 6.45) is 7.13. The third kappa shape index (κ3) is 7.58. The Morgan fingerprint density at radius 3 is 2.19 bits per heavy atom. The minimum absolute atomic E-state index is 0.109. The summed E-state index contributed by atoms with van der Waals surface area (Å²) >= 11 is 0. The Morgan fingerprint density at radius 2 is 1.60 bits per heavy atom. The molecule has 0 amide bonds. The van der Waals surface area contributed by atoms with Crippen LogP contribution in [0.1, 0.15) is 64.3 Å². The zero-order chi connectivity index (χ0) is 31.0. The number of ether oxygens (including phenoxy) is 1. The number of hydrogen-bond acceptors (Lipinski definition) is 6. The molecule has 0 spiro atoms. The highest BCUT2D eigenvalue weighted by Gasteiger charge is 2.25. The molecule has 0 atom stereocenters. The molecule has 0 bridgehead atoms. The quantitative estimate of drug-likeness (QED) is 0.233. The largest absolute Gasteiger partial charge is 0.474 e. The Hall–Kier alpha value is -3.67. The third-order valence-electron chi connectivity index (χ3n) is 6.73. The van der Waals surface area contributed by atoms with E-state index in [1.807, 2.05) is 27.7 Å². The number of benzene rings is 1. The predicted molar refractivity (Wildman–Crippen MR) is 157 cm³/mol. The molecule has 3 heterocycles. The molecule has 0 saturated heterocycles. The molecule has 228 valence electrons. The van der Waals surface area contributed by atoms with Crippen molar-refractivity contribution in [2.24, 2.45) is 0 Å². The van der Waals surface area contributed by atoms with Crippen molar-refractivity contribution in [1.29, 1.82) is 0 Å². The van der Waals surface area contributed by atoms with Crippen molar-refractivity contribution in [1.82, 2.24) is 18.5 Å². The highest BCUT2D eigenvalue weighted by atomic mass is 32.2. The number of pyridine rings is 1. The van der Waals surface area contributed by atoms with E-state index >= 15 is 0 Å². The molecular formula is C30H37F3N4O4S. The fourth-order valence-electron chi connectivity index (χ4n) is 4.89. The van der Waals surface area contributed by atoms with Gasteiger partial charge in [-0.25, -0.2) is 17.4 Å². The SMILES string of the molecule is CC.CCn1c(=O)ccc2c1c(-c1cc(OC3CCCCC3)nc(C)n1)cn2S(=O)(=O)c1ccc(C)cc1.FC(F)F. The first-order valence-corrected chi connectivity index (χ1v) is 15.5. The zero-order valence-corrected chi connectivity index (χ0v) is 25.3. The standard InChI is InChI=1S/C27H30N4O4S.C2H6.CHF3/c1-4-30-26(32)15-14-24-27(30)22(17-31(24)36(33,34)21-12-10-18(2)11-13-21)23-16-25(29-19(3)28-23)35-20-8-6-5-7-9-20;1-2;2-1(3)4/h10-17,20H,4-9H2,1-3H3;1-2H3;1H. The van der Waals surface area contributed by atoms with E-state index in [1.165, 1.54) is 16.5 Å². The lowest BCUT2D eigenvalue weighted by Gasteiger charge is -2.22. The van der Waals surface area contributed by atoms with Crippen LogP contribution in [0.3, 0.4) is 0 Å². The van der Waals surface area contributed by atoms with Crippen molar-refractivity contribution in [3.63, 3.8) is 0 Å². The van der Waals surface area contributed by atoms with Crippen LogP contribution >= 0.6 is 0 Å². The van der Waals surface area contributed by atoms with E-state index in [9.17, 15) is 26.4 Å².